The summed E-state index contributed by atoms with van der Waals surface area (Å²) in [7, 11) is 0. The van der Waals surface area contributed by atoms with Crippen LogP contribution < -0.4 is 5.43 Å². The number of carbonyl (C=O) groups excluding carboxylic acids is 1. The summed E-state index contributed by atoms with van der Waals surface area (Å²) in [5.41, 5.74) is -0.410. The van der Waals surface area contributed by atoms with Gasteiger partial charge >= 0.3 is 5.69 Å². The molecule has 0 saturated heterocycles. The van der Waals surface area contributed by atoms with Crippen molar-refractivity contribution in [3.8, 4) is 0 Å². The molecule has 0 N–H and O–H groups in total. The molecule has 0 saturated carbocycles. The van der Waals surface area contributed by atoms with Gasteiger partial charge in [-0.2, -0.15) is 0 Å². The SMILES string of the molecule is O=C(CCCn1ccc(=O)c([N+](=O)[O-])c1)c1ccccc1. The Bertz CT molecular complexity index is 707. The van der Waals surface area contributed by atoms with Gasteiger partial charge in [0, 0.05) is 30.8 Å². The van der Waals surface area contributed by atoms with Gasteiger partial charge in [-0.05, 0) is 6.42 Å². The molecule has 1 aromatic carbocycles. The highest BCUT2D eigenvalue weighted by Gasteiger charge is 2.11. The summed E-state index contributed by atoms with van der Waals surface area (Å²) >= 11 is 0. The first-order valence-electron chi connectivity index (χ1n) is 6.50. The van der Waals surface area contributed by atoms with Gasteiger partial charge in [0.15, 0.2) is 5.78 Å². The van der Waals surface area contributed by atoms with E-state index in [-0.39, 0.29) is 5.78 Å². The lowest BCUT2D eigenvalue weighted by molar-refractivity contribution is -0.386. The van der Waals surface area contributed by atoms with Crippen molar-refractivity contribution >= 4 is 11.5 Å². The molecule has 0 fully saturated rings. The Labute approximate surface area is 120 Å². The molecule has 0 aliphatic carbocycles. The zero-order chi connectivity index (χ0) is 15.2. The minimum Gasteiger partial charge on any atom is -0.348 e. The zero-order valence-corrected chi connectivity index (χ0v) is 11.3. The Morgan fingerprint density at radius 3 is 2.57 bits per heavy atom. The third-order valence-corrected chi connectivity index (χ3v) is 3.07. The smallest absolute Gasteiger partial charge is 0.332 e. The molecule has 6 nitrogen and oxygen atoms in total. The maximum absolute atomic E-state index is 11.9. The topological polar surface area (TPSA) is 82.2 Å². The highest BCUT2D eigenvalue weighted by molar-refractivity contribution is 5.95. The van der Waals surface area contributed by atoms with Crippen LogP contribution >= 0.6 is 0 Å². The van der Waals surface area contributed by atoms with Crippen molar-refractivity contribution in [2.45, 2.75) is 19.4 Å². The van der Waals surface area contributed by atoms with Crippen LogP contribution in [0.2, 0.25) is 0 Å². The average Bonchev–Trinajstić information content (AvgIpc) is 2.49. The van der Waals surface area contributed by atoms with E-state index in [2.05, 4.69) is 0 Å². The molecule has 0 unspecified atom stereocenters. The van der Waals surface area contributed by atoms with Crippen molar-refractivity contribution < 1.29 is 9.72 Å². The van der Waals surface area contributed by atoms with Crippen LogP contribution in [0.3, 0.4) is 0 Å². The summed E-state index contributed by atoms with van der Waals surface area (Å²) in [5, 5.41) is 10.7. The van der Waals surface area contributed by atoms with Gasteiger partial charge in [0.25, 0.3) is 5.43 Å². The molecule has 21 heavy (non-hydrogen) atoms. The summed E-state index contributed by atoms with van der Waals surface area (Å²) in [6.45, 7) is 0.444. The summed E-state index contributed by atoms with van der Waals surface area (Å²) < 4.78 is 1.55. The fourth-order valence-corrected chi connectivity index (χ4v) is 1.98. The molecule has 1 heterocycles. The number of aryl methyl sites for hydroxylation is 1. The molecule has 0 atom stereocenters. The van der Waals surface area contributed by atoms with Crippen LogP contribution in [0.5, 0.6) is 0 Å². The molecule has 2 rings (SSSR count). The number of nitrogens with zero attached hydrogens (tertiary/aromatic N) is 2. The molecular formula is C15H14N2O4. The van der Waals surface area contributed by atoms with E-state index < -0.39 is 16.0 Å². The van der Waals surface area contributed by atoms with E-state index in [1.165, 1.54) is 12.4 Å². The Morgan fingerprint density at radius 1 is 1.19 bits per heavy atom. The maximum Gasteiger partial charge on any atom is 0.332 e. The molecule has 0 bridgehead atoms. The van der Waals surface area contributed by atoms with Gasteiger partial charge in [-0.15, -0.1) is 0 Å². The second kappa shape index (κ2) is 6.60. The summed E-state index contributed by atoms with van der Waals surface area (Å²) in [6.07, 6.45) is 3.59. The van der Waals surface area contributed by atoms with Crippen molar-refractivity contribution in [3.05, 3.63) is 74.7 Å². The van der Waals surface area contributed by atoms with E-state index in [1.54, 1.807) is 28.8 Å². The van der Waals surface area contributed by atoms with Gasteiger partial charge in [0.2, 0.25) is 0 Å². The average molecular weight is 286 g/mol. The third-order valence-electron chi connectivity index (χ3n) is 3.07. The van der Waals surface area contributed by atoms with E-state index in [9.17, 15) is 19.7 Å². The van der Waals surface area contributed by atoms with Crippen molar-refractivity contribution in [3.63, 3.8) is 0 Å². The predicted molar refractivity (Wildman–Crippen MR) is 77.4 cm³/mol. The summed E-state index contributed by atoms with van der Waals surface area (Å²) in [5.74, 6) is 0.0335. The molecule has 108 valence electrons. The number of ketones is 1. The number of rotatable bonds is 6. The Hall–Kier alpha value is -2.76. The first-order valence-corrected chi connectivity index (χ1v) is 6.50. The van der Waals surface area contributed by atoms with Crippen LogP contribution in [0.15, 0.2) is 53.6 Å². The number of Topliss-reactive ketones (excluding diaryl/α,β-unsaturated/α-hetero) is 1. The highest BCUT2D eigenvalue weighted by Crippen LogP contribution is 2.08. The van der Waals surface area contributed by atoms with Gasteiger partial charge < -0.3 is 4.57 Å². The largest absolute Gasteiger partial charge is 0.348 e. The number of benzene rings is 1. The lowest BCUT2D eigenvalue weighted by Crippen LogP contribution is -2.11. The van der Waals surface area contributed by atoms with Crippen LogP contribution in [-0.4, -0.2) is 15.3 Å². The predicted octanol–water partition coefficient (Wildman–Crippen LogP) is 2.42. The fourth-order valence-electron chi connectivity index (χ4n) is 1.98. The van der Waals surface area contributed by atoms with Crippen LogP contribution in [0.1, 0.15) is 23.2 Å². The van der Waals surface area contributed by atoms with E-state index in [1.807, 2.05) is 6.07 Å². The number of hydrogen-bond donors (Lipinski definition) is 0. The van der Waals surface area contributed by atoms with Crippen LogP contribution in [-0.2, 0) is 6.54 Å². The van der Waals surface area contributed by atoms with Crippen LogP contribution in [0.25, 0.3) is 0 Å². The van der Waals surface area contributed by atoms with Crippen molar-refractivity contribution in [2.75, 3.05) is 0 Å². The Balaban J connectivity index is 1.95. The monoisotopic (exact) mass is 286 g/mol. The number of nitro groups is 1. The zero-order valence-electron chi connectivity index (χ0n) is 11.3. The van der Waals surface area contributed by atoms with E-state index >= 15 is 0 Å². The minimum atomic E-state index is -0.700. The molecule has 0 aliphatic heterocycles. The molecule has 6 heteroatoms. The number of aromatic nitrogens is 1. The van der Waals surface area contributed by atoms with E-state index in [0.29, 0.717) is 24.9 Å². The molecule has 0 radical (unpaired) electrons. The first kappa shape index (κ1) is 14.6. The molecule has 0 spiro atoms. The first-order chi connectivity index (χ1) is 10.1. The molecule has 0 aliphatic rings. The van der Waals surface area contributed by atoms with Gasteiger partial charge in [0.05, 0.1) is 11.1 Å². The third kappa shape index (κ3) is 3.85. The standard InChI is InChI=1S/C15H14N2O4/c18-14(12-5-2-1-3-6-12)7-4-9-16-10-8-15(19)13(11-16)17(20)21/h1-3,5-6,8,10-11H,4,7,9H2. The van der Waals surface area contributed by atoms with Gasteiger partial charge in [-0.25, -0.2) is 0 Å². The second-order valence-electron chi connectivity index (χ2n) is 4.58. The van der Waals surface area contributed by atoms with E-state index in [0.717, 1.165) is 6.07 Å². The number of carbonyl (C=O) groups is 1. The number of hydrogen-bond acceptors (Lipinski definition) is 4. The summed E-state index contributed by atoms with van der Waals surface area (Å²) in [4.78, 5) is 33.1. The number of pyridine rings is 1. The van der Waals surface area contributed by atoms with Gasteiger partial charge in [0.1, 0.15) is 0 Å². The summed E-state index contributed by atoms with van der Waals surface area (Å²) in [6, 6.07) is 10.1. The highest BCUT2D eigenvalue weighted by atomic mass is 16.6. The fraction of sp³-hybridized carbons (Fsp3) is 0.200. The Morgan fingerprint density at radius 2 is 1.90 bits per heavy atom. The Kier molecular flexibility index (Phi) is 4.61. The molecule has 1 aromatic heterocycles. The molecule has 2 aromatic rings. The van der Waals surface area contributed by atoms with Crippen LogP contribution in [0.4, 0.5) is 5.69 Å². The van der Waals surface area contributed by atoms with Gasteiger partial charge in [-0.1, -0.05) is 30.3 Å². The van der Waals surface area contributed by atoms with Crippen molar-refractivity contribution in [1.29, 1.82) is 0 Å². The van der Waals surface area contributed by atoms with Crippen molar-refractivity contribution in [2.24, 2.45) is 0 Å². The van der Waals surface area contributed by atoms with E-state index in [4.69, 9.17) is 0 Å². The molecule has 0 amide bonds. The quantitative estimate of drug-likeness (QED) is 0.464. The maximum atomic E-state index is 11.9. The lowest BCUT2D eigenvalue weighted by Gasteiger charge is -2.05. The molecular weight excluding hydrogens is 272 g/mol. The van der Waals surface area contributed by atoms with Crippen LogP contribution in [0, 0.1) is 10.1 Å². The second-order valence-corrected chi connectivity index (χ2v) is 4.58. The van der Waals surface area contributed by atoms with Gasteiger partial charge in [-0.3, -0.25) is 19.7 Å². The van der Waals surface area contributed by atoms with Crippen molar-refractivity contribution in [1.82, 2.24) is 4.57 Å². The normalized spacial score (nSPS) is 10.3. The lowest BCUT2D eigenvalue weighted by atomic mass is 10.1. The minimum absolute atomic E-state index is 0.0335.